The summed E-state index contributed by atoms with van der Waals surface area (Å²) in [6.45, 7) is 4.71. The Balaban J connectivity index is 1.36. The summed E-state index contributed by atoms with van der Waals surface area (Å²) in [6, 6.07) is 50.4. The molecule has 0 atom stereocenters. The van der Waals surface area contributed by atoms with Crippen LogP contribution in [-0.2, 0) is 5.41 Å². The normalized spacial score (nSPS) is 14.2. The molecule has 4 heteroatoms. The first-order chi connectivity index (χ1) is 22.1. The zero-order chi connectivity index (χ0) is 30.1. The predicted molar refractivity (Wildman–Crippen MR) is 189 cm³/mol. The van der Waals surface area contributed by atoms with Crippen LogP contribution in [0, 0.1) is 0 Å². The van der Waals surface area contributed by atoms with Crippen molar-refractivity contribution in [2.75, 3.05) is 4.90 Å². The summed E-state index contributed by atoms with van der Waals surface area (Å²) < 4.78 is 6.54. The van der Waals surface area contributed by atoms with E-state index in [9.17, 15) is 0 Å². The molecular weight excluding hydrogens is 587 g/mol. The summed E-state index contributed by atoms with van der Waals surface area (Å²) >= 11 is 3.67. The fourth-order valence-corrected chi connectivity index (χ4v) is 9.49. The molecule has 0 amide bonds. The molecule has 0 aromatic heterocycles. The molecule has 7 aromatic carbocycles. The van der Waals surface area contributed by atoms with Crippen molar-refractivity contribution in [2.24, 2.45) is 0 Å². The lowest BCUT2D eigenvalue weighted by atomic mass is 9.77. The number of para-hydroxylation sites is 1. The number of anilines is 3. The van der Waals surface area contributed by atoms with Crippen molar-refractivity contribution in [3.05, 3.63) is 151 Å². The zero-order valence-corrected chi connectivity index (χ0v) is 26.6. The Morgan fingerprint density at radius 3 is 1.96 bits per heavy atom. The van der Waals surface area contributed by atoms with Crippen molar-refractivity contribution >= 4 is 62.1 Å². The highest BCUT2D eigenvalue weighted by Crippen LogP contribution is 2.58. The quantitative estimate of drug-likeness (QED) is 0.183. The van der Waals surface area contributed by atoms with Crippen LogP contribution in [0.15, 0.2) is 159 Å². The first-order valence-electron chi connectivity index (χ1n) is 15.3. The molecule has 0 saturated heterocycles. The number of hydrogen-bond donors (Lipinski definition) is 0. The van der Waals surface area contributed by atoms with E-state index in [0.717, 1.165) is 32.7 Å². The van der Waals surface area contributed by atoms with E-state index in [2.05, 4.69) is 152 Å². The Bertz CT molecular complexity index is 2310. The van der Waals surface area contributed by atoms with Gasteiger partial charge in [0, 0.05) is 20.6 Å². The van der Waals surface area contributed by atoms with Gasteiger partial charge in [-0.15, -0.1) is 0 Å². The lowest BCUT2D eigenvalue weighted by Crippen LogP contribution is -2.25. The van der Waals surface area contributed by atoms with Crippen LogP contribution in [0.5, 0.6) is 11.5 Å². The molecule has 2 nitrogen and oxygen atoms in total. The molecule has 9 rings (SSSR count). The maximum absolute atomic E-state index is 6.54. The summed E-state index contributed by atoms with van der Waals surface area (Å²) in [4.78, 5) is 7.34. The average Bonchev–Trinajstić information content (AvgIpc) is 3.08. The molecule has 0 spiro atoms. The largest absolute Gasteiger partial charge is 0.455 e. The summed E-state index contributed by atoms with van der Waals surface area (Å²) in [6.07, 6.45) is 0. The molecule has 7 aromatic rings. The van der Waals surface area contributed by atoms with Crippen molar-refractivity contribution in [3.8, 4) is 11.5 Å². The first-order valence-corrected chi connectivity index (χ1v) is 16.9. The molecule has 0 radical (unpaired) electrons. The minimum Gasteiger partial charge on any atom is -0.455 e. The van der Waals surface area contributed by atoms with E-state index in [-0.39, 0.29) is 5.41 Å². The third kappa shape index (κ3) is 4.13. The molecule has 216 valence electrons. The van der Waals surface area contributed by atoms with E-state index in [4.69, 9.17) is 4.74 Å². The fraction of sp³-hybridized carbons (Fsp3) is 0.0732. The third-order valence-corrected chi connectivity index (χ3v) is 11.5. The van der Waals surface area contributed by atoms with Gasteiger partial charge in [-0.2, -0.15) is 0 Å². The Hall–Kier alpha value is -4.64. The van der Waals surface area contributed by atoms with Crippen LogP contribution < -0.4 is 9.64 Å². The van der Waals surface area contributed by atoms with Gasteiger partial charge in [-0.3, -0.25) is 0 Å². The van der Waals surface area contributed by atoms with Gasteiger partial charge in [0.2, 0.25) is 0 Å². The van der Waals surface area contributed by atoms with E-state index in [1.54, 1.807) is 11.8 Å². The Morgan fingerprint density at radius 1 is 0.489 bits per heavy atom. The molecule has 0 N–H and O–H groups in total. The smallest absolute Gasteiger partial charge is 0.143 e. The molecule has 2 aliphatic rings. The number of nitrogens with zero attached hydrogens (tertiary/aromatic N) is 1. The first kappa shape index (κ1) is 26.7. The highest BCUT2D eigenvalue weighted by Gasteiger charge is 2.36. The topological polar surface area (TPSA) is 12.5 Å². The maximum Gasteiger partial charge on any atom is 0.143 e. The van der Waals surface area contributed by atoms with E-state index >= 15 is 0 Å². The molecule has 0 bridgehead atoms. The minimum absolute atomic E-state index is 0.142. The van der Waals surface area contributed by atoms with Gasteiger partial charge >= 0.3 is 0 Å². The van der Waals surface area contributed by atoms with Gasteiger partial charge in [-0.25, -0.2) is 0 Å². The minimum atomic E-state index is -0.142. The molecule has 2 aliphatic heterocycles. The van der Waals surface area contributed by atoms with Gasteiger partial charge in [-0.05, 0) is 69.8 Å². The Kier molecular flexibility index (Phi) is 6.06. The number of hydrogen-bond acceptors (Lipinski definition) is 4. The van der Waals surface area contributed by atoms with E-state index in [1.807, 2.05) is 17.8 Å². The maximum atomic E-state index is 6.54. The van der Waals surface area contributed by atoms with Gasteiger partial charge in [-0.1, -0.05) is 134 Å². The second kappa shape index (κ2) is 10.2. The van der Waals surface area contributed by atoms with E-state index in [1.165, 1.54) is 48.2 Å². The molecular formula is C41H29NOS2. The van der Waals surface area contributed by atoms with Crippen molar-refractivity contribution < 1.29 is 4.74 Å². The van der Waals surface area contributed by atoms with Crippen molar-refractivity contribution in [2.45, 2.75) is 38.8 Å². The van der Waals surface area contributed by atoms with Gasteiger partial charge in [0.1, 0.15) is 11.5 Å². The zero-order valence-electron chi connectivity index (χ0n) is 25.0. The third-order valence-electron chi connectivity index (χ3n) is 9.15. The predicted octanol–water partition coefficient (Wildman–Crippen LogP) is 12.5. The highest BCUT2D eigenvalue weighted by atomic mass is 32.2. The molecule has 0 saturated carbocycles. The standard InChI is InChI=1S/C41H29NOS2/c1-41(2)30-17-7-9-23-37(30)44-39-31(41)18-11-19-32(39)42(33-20-12-22-36-40(33)45-38-24-10-8-21-35(38)43-36)34-25-26-13-3-4-14-27(26)28-15-5-6-16-29(28)34/h3-25H,1-2H3. The Labute approximate surface area is 271 Å². The molecule has 0 unspecified atom stereocenters. The number of fused-ring (bicyclic) bond motifs is 7. The lowest BCUT2D eigenvalue weighted by Gasteiger charge is -2.38. The van der Waals surface area contributed by atoms with E-state index < -0.39 is 0 Å². The van der Waals surface area contributed by atoms with Gasteiger partial charge in [0.25, 0.3) is 0 Å². The van der Waals surface area contributed by atoms with Crippen LogP contribution in [0.25, 0.3) is 21.5 Å². The van der Waals surface area contributed by atoms with Crippen LogP contribution in [0.1, 0.15) is 25.0 Å². The van der Waals surface area contributed by atoms with Gasteiger partial charge < -0.3 is 9.64 Å². The molecule has 0 aliphatic carbocycles. The lowest BCUT2D eigenvalue weighted by molar-refractivity contribution is 0.455. The number of rotatable bonds is 3. The second-order valence-electron chi connectivity index (χ2n) is 12.1. The molecule has 0 fully saturated rings. The highest BCUT2D eigenvalue weighted by molar-refractivity contribution is 8.00. The SMILES string of the molecule is CC1(C)c2ccccc2Sc2c(N(c3cccc4c3Sc3ccccc3O4)c3cc4ccccc4c4ccccc34)cccc21. The summed E-state index contributed by atoms with van der Waals surface area (Å²) in [7, 11) is 0. The number of ether oxygens (including phenoxy) is 1. The summed E-state index contributed by atoms with van der Waals surface area (Å²) in [5.74, 6) is 1.79. The van der Waals surface area contributed by atoms with E-state index in [0.29, 0.717) is 0 Å². The van der Waals surface area contributed by atoms with Crippen LogP contribution >= 0.6 is 23.5 Å². The van der Waals surface area contributed by atoms with Crippen LogP contribution in [-0.4, -0.2) is 0 Å². The van der Waals surface area contributed by atoms with Crippen molar-refractivity contribution in [1.82, 2.24) is 0 Å². The fourth-order valence-electron chi connectivity index (χ4n) is 6.95. The van der Waals surface area contributed by atoms with Crippen LogP contribution in [0.3, 0.4) is 0 Å². The van der Waals surface area contributed by atoms with Crippen molar-refractivity contribution in [3.63, 3.8) is 0 Å². The molecule has 2 heterocycles. The van der Waals surface area contributed by atoms with Crippen LogP contribution in [0.4, 0.5) is 17.1 Å². The van der Waals surface area contributed by atoms with Crippen LogP contribution in [0.2, 0.25) is 0 Å². The summed E-state index contributed by atoms with van der Waals surface area (Å²) in [5, 5.41) is 4.95. The Morgan fingerprint density at radius 2 is 1.09 bits per heavy atom. The second-order valence-corrected chi connectivity index (χ2v) is 14.2. The number of benzene rings is 7. The van der Waals surface area contributed by atoms with Gasteiger partial charge in [0.15, 0.2) is 0 Å². The van der Waals surface area contributed by atoms with Crippen molar-refractivity contribution in [1.29, 1.82) is 0 Å². The van der Waals surface area contributed by atoms with Gasteiger partial charge in [0.05, 0.1) is 26.9 Å². The monoisotopic (exact) mass is 615 g/mol. The molecule has 45 heavy (non-hydrogen) atoms. The average molecular weight is 616 g/mol. The summed E-state index contributed by atoms with van der Waals surface area (Å²) in [5.41, 5.74) is 6.02.